The molecule has 7 heteroatoms. The van der Waals surface area contributed by atoms with Crippen LogP contribution in [0.3, 0.4) is 0 Å². The lowest BCUT2D eigenvalue weighted by Crippen LogP contribution is -2.24. The van der Waals surface area contributed by atoms with E-state index in [9.17, 15) is 14.7 Å². The molecule has 0 saturated heterocycles. The van der Waals surface area contributed by atoms with Gasteiger partial charge in [-0.3, -0.25) is 4.79 Å². The summed E-state index contributed by atoms with van der Waals surface area (Å²) in [5.41, 5.74) is 6.51. The molecule has 0 aromatic heterocycles. The number of para-hydroxylation sites is 1. The average molecular weight is 684 g/mol. The molecule has 264 valence electrons. The smallest absolute Gasteiger partial charge is 0.357 e. The zero-order valence-corrected chi connectivity index (χ0v) is 30.3. The van der Waals surface area contributed by atoms with E-state index in [1.165, 1.54) is 61.0 Å². The lowest BCUT2D eigenvalue weighted by Gasteiger charge is -2.32. The molecule has 3 aromatic carbocycles. The molecule has 3 heterocycles. The molecule has 0 atom stereocenters. The van der Waals surface area contributed by atoms with E-state index in [-0.39, 0.29) is 11.3 Å². The summed E-state index contributed by atoms with van der Waals surface area (Å²) in [6, 6.07) is 24.5. The summed E-state index contributed by atoms with van der Waals surface area (Å²) in [7, 11) is 0. The number of hydrogen-bond donors (Lipinski definition) is 1. The molecule has 3 aliphatic rings. The zero-order chi connectivity index (χ0) is 36.0. The second kappa shape index (κ2) is 15.8. The van der Waals surface area contributed by atoms with Crippen molar-refractivity contribution in [1.82, 2.24) is 0 Å². The number of anilines is 3. The van der Waals surface area contributed by atoms with Crippen LogP contribution in [0.2, 0.25) is 0 Å². The fourth-order valence-electron chi connectivity index (χ4n) is 6.79. The highest BCUT2D eigenvalue weighted by Gasteiger charge is 2.38. The summed E-state index contributed by atoms with van der Waals surface area (Å²) in [5.74, 6) is -0.617. The first-order valence-electron chi connectivity index (χ1n) is 18.4. The first-order chi connectivity index (χ1) is 24.6. The highest BCUT2D eigenvalue weighted by molar-refractivity contribution is 6.53. The van der Waals surface area contributed by atoms with Crippen molar-refractivity contribution < 1.29 is 19.4 Å². The maximum absolute atomic E-state index is 13.7. The number of allylic oxidation sites excluding steroid dienone is 5. The van der Waals surface area contributed by atoms with Crippen LogP contribution in [0.25, 0.3) is 6.08 Å². The molecule has 1 amide bonds. The third-order valence-corrected chi connectivity index (χ3v) is 9.62. The highest BCUT2D eigenvalue weighted by atomic mass is 16.5. The number of hydrogen-bond acceptors (Lipinski definition) is 5. The summed E-state index contributed by atoms with van der Waals surface area (Å²) < 4.78 is 6.33. The van der Waals surface area contributed by atoms with E-state index in [4.69, 9.17) is 4.74 Å². The molecule has 0 saturated carbocycles. The van der Waals surface area contributed by atoms with E-state index in [1.807, 2.05) is 39.0 Å². The van der Waals surface area contributed by atoms with Crippen molar-refractivity contribution in [3.63, 3.8) is 0 Å². The van der Waals surface area contributed by atoms with Gasteiger partial charge in [0.1, 0.15) is 11.5 Å². The summed E-state index contributed by atoms with van der Waals surface area (Å²) in [6.07, 6.45) is 18.5. The lowest BCUT2D eigenvalue weighted by molar-refractivity contribution is -0.129. The van der Waals surface area contributed by atoms with Gasteiger partial charge in [-0.25, -0.2) is 4.79 Å². The van der Waals surface area contributed by atoms with Gasteiger partial charge in [0.15, 0.2) is 5.71 Å². The number of fused-ring (bicyclic) bond motifs is 1. The van der Waals surface area contributed by atoms with Crippen LogP contribution in [-0.4, -0.2) is 29.2 Å². The summed E-state index contributed by atoms with van der Waals surface area (Å²) in [6.45, 7) is 9.31. The number of ether oxygens (including phenoxy) is 1. The largest absolute Gasteiger partial charge is 0.476 e. The molecule has 0 unspecified atom stereocenters. The van der Waals surface area contributed by atoms with Gasteiger partial charge in [-0.15, -0.1) is 0 Å². The topological polar surface area (TPSA) is 82.4 Å². The van der Waals surface area contributed by atoms with Crippen LogP contribution in [-0.2, 0) is 27.2 Å². The number of hydrazone groups is 1. The van der Waals surface area contributed by atoms with E-state index >= 15 is 0 Å². The van der Waals surface area contributed by atoms with Crippen LogP contribution in [0.4, 0.5) is 17.1 Å². The number of unbranched alkanes of at least 4 members (excludes halogenated alkanes) is 5. The first kappa shape index (κ1) is 35.6. The quantitative estimate of drug-likeness (QED) is 0.152. The Morgan fingerprint density at radius 3 is 2.37 bits per heavy atom. The molecule has 3 aromatic rings. The summed E-state index contributed by atoms with van der Waals surface area (Å²) in [4.78, 5) is 28.5. The van der Waals surface area contributed by atoms with Gasteiger partial charge in [0.2, 0.25) is 0 Å². The van der Waals surface area contributed by atoms with Crippen molar-refractivity contribution in [2.24, 2.45) is 10.5 Å². The van der Waals surface area contributed by atoms with Crippen LogP contribution in [0, 0.1) is 5.41 Å². The SMILES string of the molecule is CCCCCCCCc1ccc(N2CCCc3cc(C=CC4=CC(=C5C(=O)N(c6ccccc6)N=C5C(=O)O)C=C(C(C)(C)C)O4)ccc32)cc1. The van der Waals surface area contributed by atoms with Crippen molar-refractivity contribution in [3.8, 4) is 0 Å². The van der Waals surface area contributed by atoms with Crippen molar-refractivity contribution in [3.05, 3.63) is 130 Å². The Labute approximate surface area is 302 Å². The van der Waals surface area contributed by atoms with E-state index < -0.39 is 17.3 Å². The summed E-state index contributed by atoms with van der Waals surface area (Å²) in [5, 5.41) is 15.4. The molecular weight excluding hydrogens is 635 g/mol. The Bertz CT molecular complexity index is 1910. The van der Waals surface area contributed by atoms with Gasteiger partial charge >= 0.3 is 5.97 Å². The molecule has 3 aliphatic heterocycles. The van der Waals surface area contributed by atoms with Gasteiger partial charge < -0.3 is 14.7 Å². The third-order valence-electron chi connectivity index (χ3n) is 9.62. The molecule has 0 bridgehead atoms. The minimum atomic E-state index is -1.26. The maximum Gasteiger partial charge on any atom is 0.357 e. The number of aryl methyl sites for hydroxylation is 2. The predicted molar refractivity (Wildman–Crippen MR) is 207 cm³/mol. The maximum atomic E-state index is 13.7. The molecule has 0 radical (unpaired) electrons. The molecule has 6 rings (SSSR count). The predicted octanol–water partition coefficient (Wildman–Crippen LogP) is 10.3. The lowest BCUT2D eigenvalue weighted by atomic mass is 9.89. The number of rotatable bonds is 12. The molecule has 0 aliphatic carbocycles. The van der Waals surface area contributed by atoms with Crippen LogP contribution < -0.4 is 9.91 Å². The van der Waals surface area contributed by atoms with Gasteiger partial charge in [-0.1, -0.05) is 102 Å². The van der Waals surface area contributed by atoms with E-state index in [2.05, 4.69) is 59.4 Å². The van der Waals surface area contributed by atoms with Gasteiger partial charge in [0.05, 0.1) is 11.3 Å². The minimum Gasteiger partial charge on any atom is -0.476 e. The molecule has 1 N–H and O–H groups in total. The van der Waals surface area contributed by atoms with Crippen molar-refractivity contribution in [1.29, 1.82) is 0 Å². The minimum absolute atomic E-state index is 0.0339. The van der Waals surface area contributed by atoms with E-state index in [1.54, 1.807) is 36.4 Å². The number of carboxylic acids is 1. The number of carbonyl (C=O) groups is 2. The zero-order valence-electron chi connectivity index (χ0n) is 30.3. The van der Waals surface area contributed by atoms with Crippen LogP contribution in [0.5, 0.6) is 0 Å². The second-order valence-electron chi connectivity index (χ2n) is 14.6. The Morgan fingerprint density at radius 1 is 0.902 bits per heavy atom. The molecule has 51 heavy (non-hydrogen) atoms. The number of carbonyl (C=O) groups excluding carboxylic acids is 1. The van der Waals surface area contributed by atoms with Gasteiger partial charge in [0.25, 0.3) is 5.91 Å². The highest BCUT2D eigenvalue weighted by Crippen LogP contribution is 2.38. The van der Waals surface area contributed by atoms with Crippen LogP contribution in [0.15, 0.2) is 119 Å². The van der Waals surface area contributed by atoms with E-state index in [0.717, 1.165) is 36.4 Å². The number of carboxylic acid groups (broad SMARTS) is 1. The van der Waals surface area contributed by atoms with Crippen LogP contribution >= 0.6 is 0 Å². The normalized spacial score (nSPS) is 17.6. The van der Waals surface area contributed by atoms with E-state index in [0.29, 0.717) is 22.8 Å². The van der Waals surface area contributed by atoms with Crippen LogP contribution in [0.1, 0.15) is 89.3 Å². The fourth-order valence-corrected chi connectivity index (χ4v) is 6.79. The number of nitrogens with zero attached hydrogens (tertiary/aromatic N) is 3. The second-order valence-corrected chi connectivity index (χ2v) is 14.6. The molecule has 0 spiro atoms. The van der Waals surface area contributed by atoms with Gasteiger partial charge in [0, 0.05) is 23.3 Å². The third kappa shape index (κ3) is 8.42. The fraction of sp³-hybridized carbons (Fsp3) is 0.341. The molecule has 0 fully saturated rings. The van der Waals surface area contributed by atoms with Crippen molar-refractivity contribution in [2.75, 3.05) is 16.5 Å². The Balaban J connectivity index is 1.22. The standard InChI is InChI=1S/C44H49N3O4/c1-5-6-7-8-9-11-15-31-19-23-35(24-20-31)46-27-14-16-33-28-32(22-26-38(33)46)21-25-37-29-34(30-39(51-37)44(2,3)4)40-41(43(49)50)45-47(42(40)48)36-17-12-10-13-18-36/h10,12-13,17-26,28-30H,5-9,11,14-16,27H2,1-4H3,(H,49,50). The Hall–Kier alpha value is -5.17. The Morgan fingerprint density at radius 2 is 1.65 bits per heavy atom. The number of amides is 1. The molecule has 7 nitrogen and oxygen atoms in total. The molecular formula is C44H49N3O4. The number of benzene rings is 3. The van der Waals surface area contributed by atoms with Gasteiger partial charge in [-0.2, -0.15) is 10.1 Å². The monoisotopic (exact) mass is 683 g/mol. The van der Waals surface area contributed by atoms with Crippen molar-refractivity contribution >= 4 is 40.7 Å². The number of aliphatic carboxylic acids is 1. The van der Waals surface area contributed by atoms with Gasteiger partial charge in [-0.05, 0) is 103 Å². The van der Waals surface area contributed by atoms with Crippen molar-refractivity contribution in [2.45, 2.75) is 85.5 Å². The summed E-state index contributed by atoms with van der Waals surface area (Å²) >= 11 is 0. The average Bonchev–Trinajstić information content (AvgIpc) is 3.49. The first-order valence-corrected chi connectivity index (χ1v) is 18.4. The Kier molecular flexibility index (Phi) is 11.0.